The summed E-state index contributed by atoms with van der Waals surface area (Å²) in [7, 11) is 0. The minimum absolute atomic E-state index is 0.151. The number of allylic oxidation sites excluding steroid dienone is 2. The van der Waals surface area contributed by atoms with Gasteiger partial charge in [-0.15, -0.1) is 0 Å². The Balaban J connectivity index is 1.13. The summed E-state index contributed by atoms with van der Waals surface area (Å²) in [6.45, 7) is 19.2. The molecule has 0 radical (unpaired) electrons. The van der Waals surface area contributed by atoms with E-state index in [4.69, 9.17) is 13.2 Å². The number of fused-ring (bicyclic) bond motifs is 3. The van der Waals surface area contributed by atoms with Crippen LogP contribution in [0.15, 0.2) is 218 Å². The molecular weight excluding hydrogens is 853 g/mol. The van der Waals surface area contributed by atoms with Crippen LogP contribution in [0.25, 0.3) is 33.4 Å². The molecule has 0 heterocycles. The van der Waals surface area contributed by atoms with Gasteiger partial charge in [-0.2, -0.15) is 0 Å². The topological polar surface area (TPSA) is 0 Å². The fourth-order valence-electron chi connectivity index (χ4n) is 11.7. The summed E-state index contributed by atoms with van der Waals surface area (Å²) in [5.74, 6) is 0.302. The second kappa shape index (κ2) is 23.0. The van der Waals surface area contributed by atoms with Crippen LogP contribution in [0, 0.1) is 13.8 Å². The van der Waals surface area contributed by atoms with Crippen LogP contribution >= 0.6 is 0 Å². The van der Waals surface area contributed by atoms with Gasteiger partial charge in [0.1, 0.15) is 0 Å². The minimum Gasteiger partial charge on any atom is -0.0983 e. The molecule has 0 fully saturated rings. The fourth-order valence-corrected chi connectivity index (χ4v) is 11.7. The molecule has 2 unspecified atom stereocenters. The van der Waals surface area contributed by atoms with Gasteiger partial charge in [0.25, 0.3) is 0 Å². The smallest absolute Gasteiger partial charge is 0.0628 e. The molecule has 0 aliphatic heterocycles. The van der Waals surface area contributed by atoms with Gasteiger partial charge >= 0.3 is 0 Å². The third kappa shape index (κ3) is 10.6. The highest BCUT2D eigenvalue weighted by Gasteiger charge is 2.47. The zero-order chi connectivity index (χ0) is 49.2. The number of hydrogen-bond acceptors (Lipinski definition) is 0. The monoisotopic (exact) mass is 927 g/mol. The molecule has 0 heteroatoms. The van der Waals surface area contributed by atoms with Crippen LogP contribution in [0.2, 0.25) is 0 Å². The van der Waals surface area contributed by atoms with Crippen molar-refractivity contribution in [2.45, 2.75) is 122 Å². The van der Waals surface area contributed by atoms with Crippen molar-refractivity contribution in [3.63, 3.8) is 0 Å². The Morgan fingerprint density at radius 2 is 0.662 bits per heavy atom. The van der Waals surface area contributed by atoms with E-state index in [1.54, 1.807) is 0 Å². The van der Waals surface area contributed by atoms with Gasteiger partial charge in [0, 0.05) is 11.8 Å². The maximum Gasteiger partial charge on any atom is 0.0628 e. The summed E-state index contributed by atoms with van der Waals surface area (Å²) < 4.78 is 0. The normalized spacial score (nSPS) is 13.3. The van der Waals surface area contributed by atoms with Crippen molar-refractivity contribution in [1.29, 1.82) is 0 Å². The molecule has 1 aliphatic rings. The lowest BCUT2D eigenvalue weighted by Gasteiger charge is -2.37. The summed E-state index contributed by atoms with van der Waals surface area (Å²) in [6, 6.07) is 73.4. The van der Waals surface area contributed by atoms with Crippen molar-refractivity contribution >= 4 is 0 Å². The van der Waals surface area contributed by atoms with Crippen molar-refractivity contribution < 1.29 is 0 Å². The van der Waals surface area contributed by atoms with E-state index in [0.29, 0.717) is 0 Å². The molecule has 0 amide bonds. The average Bonchev–Trinajstić information content (AvgIpc) is 3.70. The molecule has 8 aromatic carbocycles. The summed E-state index contributed by atoms with van der Waals surface area (Å²) >= 11 is 0. The van der Waals surface area contributed by atoms with Gasteiger partial charge in [-0.3, -0.25) is 0 Å². The molecule has 9 rings (SSSR count). The summed E-state index contributed by atoms with van der Waals surface area (Å²) in [5, 5.41) is 0. The van der Waals surface area contributed by atoms with Crippen LogP contribution in [0.3, 0.4) is 0 Å². The first kappa shape index (κ1) is 49.2. The number of unbranched alkanes of at least 4 members (excludes halogenated alkanes) is 8. The quantitative estimate of drug-likeness (QED) is 0.0361. The summed E-state index contributed by atoms with van der Waals surface area (Å²) in [4.78, 5) is 0. The van der Waals surface area contributed by atoms with Crippen LogP contribution in [0.4, 0.5) is 0 Å². The summed E-state index contributed by atoms with van der Waals surface area (Å²) in [6.07, 6.45) is 14.3. The molecular formula is C71H74. The number of benzene rings is 8. The Bertz CT molecular complexity index is 2790. The summed E-state index contributed by atoms with van der Waals surface area (Å²) in [5.41, 5.74) is 22.7. The van der Waals surface area contributed by atoms with Crippen LogP contribution in [0.5, 0.6) is 0 Å². The number of hydrogen-bond donors (Lipinski definition) is 0. The molecule has 0 spiro atoms. The zero-order valence-electron chi connectivity index (χ0n) is 43.0. The molecule has 0 saturated heterocycles. The van der Waals surface area contributed by atoms with Gasteiger partial charge in [0.2, 0.25) is 0 Å². The predicted molar refractivity (Wildman–Crippen MR) is 306 cm³/mol. The highest BCUT2D eigenvalue weighted by atomic mass is 14.5. The van der Waals surface area contributed by atoms with E-state index in [-0.39, 0.29) is 11.8 Å². The molecule has 2 atom stereocenters. The molecule has 0 N–H and O–H groups in total. The average molecular weight is 927 g/mol. The molecule has 71 heavy (non-hydrogen) atoms. The van der Waals surface area contributed by atoms with Gasteiger partial charge in [0.15, 0.2) is 0 Å². The van der Waals surface area contributed by atoms with Crippen molar-refractivity contribution in [1.82, 2.24) is 0 Å². The predicted octanol–water partition coefficient (Wildman–Crippen LogP) is 20.1. The van der Waals surface area contributed by atoms with Crippen molar-refractivity contribution in [2.24, 2.45) is 0 Å². The number of rotatable bonds is 22. The SMILES string of the molecule is C=C(CCCCCCC)C1(C(=C)CCCCCCC)c2cc(-c3ccc(C(c4ccccc4)c4ccc(C)cc4)cc3)ccc2-c2ccc(-c3ccc(C(c4ccccc4)c4ccc(C)cc4)cc3)cc21. The van der Waals surface area contributed by atoms with E-state index in [1.807, 2.05) is 0 Å². The van der Waals surface area contributed by atoms with Gasteiger partial charge in [-0.05, 0) is 130 Å². The van der Waals surface area contributed by atoms with E-state index in [9.17, 15) is 0 Å². The number of aryl methyl sites for hydroxylation is 2. The van der Waals surface area contributed by atoms with E-state index >= 15 is 0 Å². The van der Waals surface area contributed by atoms with Gasteiger partial charge < -0.3 is 0 Å². The van der Waals surface area contributed by atoms with E-state index in [0.717, 1.165) is 25.7 Å². The lowest BCUT2D eigenvalue weighted by Crippen LogP contribution is -2.30. The maximum atomic E-state index is 5.14. The Labute approximate surface area is 427 Å². The first-order chi connectivity index (χ1) is 34.8. The highest BCUT2D eigenvalue weighted by Crippen LogP contribution is 2.59. The zero-order valence-corrected chi connectivity index (χ0v) is 43.0. The Morgan fingerprint density at radius 1 is 0.352 bits per heavy atom. The van der Waals surface area contributed by atoms with Crippen LogP contribution in [0.1, 0.15) is 158 Å². The van der Waals surface area contributed by atoms with E-state index in [2.05, 4.69) is 222 Å². The molecule has 358 valence electrons. The Kier molecular flexibility index (Phi) is 15.9. The molecule has 8 aromatic rings. The standard InChI is InChI=1S/C71H74/c1-7-9-11-13-17-23-53(5)71(54(6)24-18-14-12-10-8-2)67-49-63(55-37-41-61(42-38-55)69(57-25-19-15-20-26-57)59-33-29-51(3)30-34-59)45-47-65(67)66-48-46-64(50-68(66)71)56-39-43-62(44-40-56)70(58-27-21-16-22-28-58)60-35-31-52(4)32-36-60/h15-16,19-22,25-50,69-70H,5-14,17-18,23-24H2,1-4H3. The minimum atomic E-state index is -0.500. The highest BCUT2D eigenvalue weighted by molar-refractivity contribution is 5.89. The van der Waals surface area contributed by atoms with E-state index in [1.165, 1.54) is 152 Å². The molecule has 0 nitrogen and oxygen atoms in total. The van der Waals surface area contributed by atoms with Gasteiger partial charge in [-0.1, -0.05) is 283 Å². The molecule has 0 saturated carbocycles. The van der Waals surface area contributed by atoms with Crippen molar-refractivity contribution in [3.8, 4) is 33.4 Å². The lowest BCUT2D eigenvalue weighted by atomic mass is 9.65. The van der Waals surface area contributed by atoms with Crippen molar-refractivity contribution in [2.75, 3.05) is 0 Å². The second-order valence-corrected chi connectivity index (χ2v) is 20.6. The first-order valence-electron chi connectivity index (χ1n) is 26.9. The third-order valence-electron chi connectivity index (χ3n) is 15.6. The van der Waals surface area contributed by atoms with Crippen molar-refractivity contribution in [3.05, 3.63) is 274 Å². The lowest BCUT2D eigenvalue weighted by molar-refractivity contribution is 0.572. The molecule has 0 aromatic heterocycles. The fraction of sp³-hybridized carbons (Fsp3) is 0.268. The Hall–Kier alpha value is -6.76. The molecule has 0 bridgehead atoms. The van der Waals surface area contributed by atoms with E-state index < -0.39 is 5.41 Å². The van der Waals surface area contributed by atoms with Crippen LogP contribution in [-0.2, 0) is 5.41 Å². The van der Waals surface area contributed by atoms with Crippen LogP contribution < -0.4 is 0 Å². The largest absolute Gasteiger partial charge is 0.0983 e. The van der Waals surface area contributed by atoms with Gasteiger partial charge in [-0.25, -0.2) is 0 Å². The Morgan fingerprint density at radius 3 is 1.01 bits per heavy atom. The second-order valence-electron chi connectivity index (χ2n) is 20.6. The van der Waals surface area contributed by atoms with Gasteiger partial charge in [0.05, 0.1) is 5.41 Å². The molecule has 1 aliphatic carbocycles. The first-order valence-corrected chi connectivity index (χ1v) is 26.9. The van der Waals surface area contributed by atoms with Crippen LogP contribution in [-0.4, -0.2) is 0 Å². The maximum absolute atomic E-state index is 5.14. The third-order valence-corrected chi connectivity index (χ3v) is 15.6.